The highest BCUT2D eigenvalue weighted by Gasteiger charge is 2.32. The number of rotatable bonds is 1. The highest BCUT2D eigenvalue weighted by molar-refractivity contribution is 4.90. The Bertz CT molecular complexity index is 109. The first-order valence-electron chi connectivity index (χ1n) is 3.86. The van der Waals surface area contributed by atoms with Gasteiger partial charge in [0.15, 0.2) is 0 Å². The molecule has 2 heteroatoms. The molecule has 2 aliphatic rings. The quantitative estimate of drug-likeness (QED) is 0.543. The summed E-state index contributed by atoms with van der Waals surface area (Å²) in [5.41, 5.74) is 5.75. The number of hydrogen-bond acceptors (Lipinski definition) is 2. The van der Waals surface area contributed by atoms with Crippen molar-refractivity contribution in [3.8, 4) is 0 Å². The van der Waals surface area contributed by atoms with E-state index in [1.54, 1.807) is 0 Å². The number of likely N-dealkylation sites (tertiary alicyclic amines) is 1. The lowest BCUT2D eigenvalue weighted by Crippen LogP contribution is -2.27. The van der Waals surface area contributed by atoms with Crippen molar-refractivity contribution in [2.24, 2.45) is 5.73 Å². The van der Waals surface area contributed by atoms with Crippen LogP contribution >= 0.6 is 0 Å². The molecule has 52 valence electrons. The summed E-state index contributed by atoms with van der Waals surface area (Å²) in [5, 5.41) is 0. The molecule has 2 rings (SSSR count). The molecule has 1 heterocycles. The van der Waals surface area contributed by atoms with E-state index in [-0.39, 0.29) is 0 Å². The SMILES string of the molecule is N[C@H]1CCN(C2CC2)C1. The van der Waals surface area contributed by atoms with Gasteiger partial charge < -0.3 is 5.73 Å². The van der Waals surface area contributed by atoms with Gasteiger partial charge in [0, 0.05) is 25.2 Å². The van der Waals surface area contributed by atoms with Crippen LogP contribution in [0.3, 0.4) is 0 Å². The van der Waals surface area contributed by atoms with Crippen molar-refractivity contribution in [2.45, 2.75) is 31.3 Å². The summed E-state index contributed by atoms with van der Waals surface area (Å²) in [5.74, 6) is 0. The Morgan fingerprint density at radius 3 is 2.44 bits per heavy atom. The Morgan fingerprint density at radius 2 is 2.00 bits per heavy atom. The molecule has 0 unspecified atom stereocenters. The van der Waals surface area contributed by atoms with Crippen LogP contribution < -0.4 is 5.73 Å². The summed E-state index contributed by atoms with van der Waals surface area (Å²) in [6.45, 7) is 2.41. The van der Waals surface area contributed by atoms with Crippen LogP contribution in [0.5, 0.6) is 0 Å². The molecular formula is C7H14N2. The Balaban J connectivity index is 1.86. The van der Waals surface area contributed by atoms with Gasteiger partial charge in [-0.05, 0) is 19.3 Å². The Hall–Kier alpha value is -0.0800. The molecule has 0 bridgehead atoms. The van der Waals surface area contributed by atoms with Crippen LogP contribution in [0, 0.1) is 0 Å². The van der Waals surface area contributed by atoms with E-state index in [2.05, 4.69) is 4.90 Å². The first kappa shape index (κ1) is 5.69. The Morgan fingerprint density at radius 1 is 1.22 bits per heavy atom. The Labute approximate surface area is 56.0 Å². The fourth-order valence-electron chi connectivity index (χ4n) is 1.59. The van der Waals surface area contributed by atoms with Crippen LogP contribution in [0.2, 0.25) is 0 Å². The third-order valence-electron chi connectivity index (χ3n) is 2.32. The van der Waals surface area contributed by atoms with E-state index in [9.17, 15) is 0 Å². The van der Waals surface area contributed by atoms with E-state index in [0.717, 1.165) is 12.6 Å². The van der Waals surface area contributed by atoms with E-state index >= 15 is 0 Å². The van der Waals surface area contributed by atoms with Crippen molar-refractivity contribution in [2.75, 3.05) is 13.1 Å². The van der Waals surface area contributed by atoms with Gasteiger partial charge in [0.1, 0.15) is 0 Å². The summed E-state index contributed by atoms with van der Waals surface area (Å²) in [6, 6.07) is 1.41. The fraction of sp³-hybridized carbons (Fsp3) is 1.00. The van der Waals surface area contributed by atoms with E-state index in [4.69, 9.17) is 5.73 Å². The monoisotopic (exact) mass is 126 g/mol. The molecule has 1 aliphatic heterocycles. The van der Waals surface area contributed by atoms with Crippen molar-refractivity contribution in [3.05, 3.63) is 0 Å². The van der Waals surface area contributed by atoms with Crippen molar-refractivity contribution in [1.29, 1.82) is 0 Å². The van der Waals surface area contributed by atoms with Gasteiger partial charge in [-0.1, -0.05) is 0 Å². The predicted octanol–water partition coefficient (Wildman–Crippen LogP) is 0.182. The first-order valence-corrected chi connectivity index (χ1v) is 3.86. The molecule has 1 saturated heterocycles. The molecular weight excluding hydrogens is 112 g/mol. The van der Waals surface area contributed by atoms with Crippen LogP contribution in [0.4, 0.5) is 0 Å². The molecule has 1 saturated carbocycles. The maximum absolute atomic E-state index is 5.75. The lowest BCUT2D eigenvalue weighted by Gasteiger charge is -2.12. The van der Waals surface area contributed by atoms with Crippen molar-refractivity contribution in [3.63, 3.8) is 0 Å². The molecule has 2 nitrogen and oxygen atoms in total. The minimum absolute atomic E-state index is 0.477. The van der Waals surface area contributed by atoms with Crippen molar-refractivity contribution in [1.82, 2.24) is 4.90 Å². The molecule has 2 fully saturated rings. The van der Waals surface area contributed by atoms with E-state index < -0.39 is 0 Å². The minimum atomic E-state index is 0.477. The van der Waals surface area contributed by atoms with Gasteiger partial charge in [-0.3, -0.25) is 4.90 Å². The van der Waals surface area contributed by atoms with Crippen LogP contribution in [-0.4, -0.2) is 30.1 Å². The number of nitrogens with two attached hydrogens (primary N) is 1. The van der Waals surface area contributed by atoms with Crippen molar-refractivity contribution < 1.29 is 0 Å². The smallest absolute Gasteiger partial charge is 0.0180 e. The van der Waals surface area contributed by atoms with E-state index in [0.29, 0.717) is 6.04 Å². The number of hydrogen-bond donors (Lipinski definition) is 1. The topological polar surface area (TPSA) is 29.3 Å². The second-order valence-electron chi connectivity index (χ2n) is 3.27. The summed E-state index contributed by atoms with van der Waals surface area (Å²) in [4.78, 5) is 2.53. The second kappa shape index (κ2) is 1.96. The average molecular weight is 126 g/mol. The van der Waals surface area contributed by atoms with Gasteiger partial charge in [0.05, 0.1) is 0 Å². The van der Waals surface area contributed by atoms with Gasteiger partial charge in [-0.15, -0.1) is 0 Å². The normalized spacial score (nSPS) is 37.7. The molecule has 0 amide bonds. The number of nitrogens with zero attached hydrogens (tertiary/aromatic N) is 1. The molecule has 0 aromatic carbocycles. The third-order valence-corrected chi connectivity index (χ3v) is 2.32. The van der Waals surface area contributed by atoms with Crippen molar-refractivity contribution >= 4 is 0 Å². The van der Waals surface area contributed by atoms with Gasteiger partial charge in [0.2, 0.25) is 0 Å². The Kier molecular flexibility index (Phi) is 1.24. The molecule has 1 aliphatic carbocycles. The van der Waals surface area contributed by atoms with Crippen LogP contribution in [0.15, 0.2) is 0 Å². The first-order chi connectivity index (χ1) is 4.36. The molecule has 0 spiro atoms. The highest BCUT2D eigenvalue weighted by atomic mass is 15.2. The zero-order valence-electron chi connectivity index (χ0n) is 5.71. The van der Waals surface area contributed by atoms with Gasteiger partial charge in [-0.2, -0.15) is 0 Å². The molecule has 9 heavy (non-hydrogen) atoms. The molecule has 1 atom stereocenters. The maximum atomic E-state index is 5.75. The summed E-state index contributed by atoms with van der Waals surface area (Å²) in [7, 11) is 0. The summed E-state index contributed by atoms with van der Waals surface area (Å²) < 4.78 is 0. The van der Waals surface area contributed by atoms with E-state index in [1.165, 1.54) is 25.8 Å². The molecule has 2 N–H and O–H groups in total. The highest BCUT2D eigenvalue weighted by Crippen LogP contribution is 2.29. The third kappa shape index (κ3) is 1.10. The van der Waals surface area contributed by atoms with Gasteiger partial charge >= 0.3 is 0 Å². The fourth-order valence-corrected chi connectivity index (χ4v) is 1.59. The second-order valence-corrected chi connectivity index (χ2v) is 3.27. The van der Waals surface area contributed by atoms with Gasteiger partial charge in [0.25, 0.3) is 0 Å². The van der Waals surface area contributed by atoms with Crippen LogP contribution in [0.25, 0.3) is 0 Å². The lowest BCUT2D eigenvalue weighted by molar-refractivity contribution is 0.324. The molecule has 0 aromatic heterocycles. The zero-order chi connectivity index (χ0) is 6.27. The van der Waals surface area contributed by atoms with Gasteiger partial charge in [-0.25, -0.2) is 0 Å². The largest absolute Gasteiger partial charge is 0.326 e. The maximum Gasteiger partial charge on any atom is 0.0180 e. The van der Waals surface area contributed by atoms with Crippen LogP contribution in [-0.2, 0) is 0 Å². The zero-order valence-corrected chi connectivity index (χ0v) is 5.71. The summed E-state index contributed by atoms with van der Waals surface area (Å²) in [6.07, 6.45) is 4.07. The lowest BCUT2D eigenvalue weighted by atomic mass is 10.3. The molecule has 0 radical (unpaired) electrons. The standard InChI is InChI=1S/C7H14N2/c8-6-3-4-9(5-6)7-1-2-7/h6-7H,1-5,8H2/t6-/m0/s1. The minimum Gasteiger partial charge on any atom is -0.326 e. The van der Waals surface area contributed by atoms with Crippen LogP contribution in [0.1, 0.15) is 19.3 Å². The average Bonchev–Trinajstić information content (AvgIpc) is 2.58. The summed E-state index contributed by atoms with van der Waals surface area (Å²) >= 11 is 0. The van der Waals surface area contributed by atoms with E-state index in [1.807, 2.05) is 0 Å². The predicted molar refractivity (Wildman–Crippen MR) is 37.2 cm³/mol. The molecule has 0 aromatic rings.